The first-order valence-electron chi connectivity index (χ1n) is 6.98. The summed E-state index contributed by atoms with van der Waals surface area (Å²) in [4.78, 5) is 4.50. The van der Waals surface area contributed by atoms with Gasteiger partial charge in [0, 0.05) is 5.92 Å². The van der Waals surface area contributed by atoms with Crippen LogP contribution < -0.4 is 5.73 Å². The highest BCUT2D eigenvalue weighted by Crippen LogP contribution is 2.41. The molecule has 2 rings (SSSR count). The number of rotatable bonds is 3. The van der Waals surface area contributed by atoms with Gasteiger partial charge in [-0.05, 0) is 37.0 Å². The van der Waals surface area contributed by atoms with Crippen molar-refractivity contribution < 1.29 is 4.52 Å². The number of hydrogen-bond donors (Lipinski definition) is 1. The second kappa shape index (κ2) is 5.00. The second-order valence-corrected chi connectivity index (χ2v) is 6.70. The third-order valence-corrected chi connectivity index (χ3v) is 4.17. The Hall–Kier alpha value is -0.900. The minimum atomic E-state index is -0.147. The first-order valence-corrected chi connectivity index (χ1v) is 6.98. The third kappa shape index (κ3) is 2.91. The van der Waals surface area contributed by atoms with Gasteiger partial charge >= 0.3 is 0 Å². The van der Waals surface area contributed by atoms with Crippen LogP contribution in [0.2, 0.25) is 0 Å². The molecule has 4 heteroatoms. The van der Waals surface area contributed by atoms with Gasteiger partial charge in [0.1, 0.15) is 0 Å². The van der Waals surface area contributed by atoms with Crippen LogP contribution >= 0.6 is 0 Å². The van der Waals surface area contributed by atoms with Crippen LogP contribution in [-0.4, -0.2) is 10.1 Å². The van der Waals surface area contributed by atoms with Gasteiger partial charge in [0.2, 0.25) is 5.89 Å². The highest BCUT2D eigenvalue weighted by molar-refractivity contribution is 5.01. The Kier molecular flexibility index (Phi) is 3.76. The normalized spacial score (nSPS) is 22.3. The smallest absolute Gasteiger partial charge is 0.243 e. The topological polar surface area (TPSA) is 64.9 Å². The summed E-state index contributed by atoms with van der Waals surface area (Å²) in [6, 6.07) is -0.147. The zero-order valence-corrected chi connectivity index (χ0v) is 11.9. The molecule has 2 N–H and O–H groups in total. The zero-order chi connectivity index (χ0) is 13.3. The average molecular weight is 251 g/mol. The van der Waals surface area contributed by atoms with Crippen molar-refractivity contribution >= 4 is 0 Å². The molecule has 0 spiro atoms. The summed E-state index contributed by atoms with van der Waals surface area (Å²) >= 11 is 0. The summed E-state index contributed by atoms with van der Waals surface area (Å²) < 4.78 is 5.31. The fourth-order valence-electron chi connectivity index (χ4n) is 2.49. The number of aromatic nitrogens is 2. The molecule has 0 amide bonds. The maximum Gasteiger partial charge on any atom is 0.243 e. The van der Waals surface area contributed by atoms with Gasteiger partial charge in [0.25, 0.3) is 0 Å². The standard InChI is InChI=1S/C14H25N3O/c1-9(2)11(15)13-16-12(17-18-13)10-5-7-14(3,4)8-6-10/h9-11H,5-8,15H2,1-4H3. The Balaban J connectivity index is 2.03. The minimum Gasteiger partial charge on any atom is -0.338 e. The highest BCUT2D eigenvalue weighted by Gasteiger charge is 2.30. The van der Waals surface area contributed by atoms with Crippen LogP contribution in [0.5, 0.6) is 0 Å². The van der Waals surface area contributed by atoms with E-state index in [9.17, 15) is 0 Å². The van der Waals surface area contributed by atoms with Crippen LogP contribution in [0, 0.1) is 11.3 Å². The van der Waals surface area contributed by atoms with Gasteiger partial charge in [-0.2, -0.15) is 4.98 Å². The molecule has 0 aliphatic heterocycles. The average Bonchev–Trinajstić information content (AvgIpc) is 2.77. The molecule has 1 aromatic heterocycles. The van der Waals surface area contributed by atoms with Crippen LogP contribution in [-0.2, 0) is 0 Å². The molecule has 1 fully saturated rings. The molecular formula is C14H25N3O. The number of nitrogens with two attached hydrogens (primary N) is 1. The molecule has 0 aromatic carbocycles. The molecule has 1 aromatic rings. The minimum absolute atomic E-state index is 0.147. The van der Waals surface area contributed by atoms with Crippen molar-refractivity contribution in [1.29, 1.82) is 0 Å². The van der Waals surface area contributed by atoms with Crippen molar-refractivity contribution in [3.63, 3.8) is 0 Å². The first-order chi connectivity index (χ1) is 8.39. The summed E-state index contributed by atoms with van der Waals surface area (Å²) in [5, 5.41) is 4.12. The largest absolute Gasteiger partial charge is 0.338 e. The molecule has 0 saturated heterocycles. The highest BCUT2D eigenvalue weighted by atomic mass is 16.5. The van der Waals surface area contributed by atoms with E-state index in [4.69, 9.17) is 10.3 Å². The van der Waals surface area contributed by atoms with Gasteiger partial charge in [-0.15, -0.1) is 0 Å². The molecule has 102 valence electrons. The van der Waals surface area contributed by atoms with Crippen LogP contribution in [0.25, 0.3) is 0 Å². The lowest BCUT2D eigenvalue weighted by Crippen LogP contribution is -2.21. The maximum atomic E-state index is 6.03. The van der Waals surface area contributed by atoms with Crippen LogP contribution in [0.3, 0.4) is 0 Å². The van der Waals surface area contributed by atoms with E-state index in [2.05, 4.69) is 37.8 Å². The van der Waals surface area contributed by atoms with Crippen molar-refractivity contribution in [2.45, 2.75) is 65.3 Å². The van der Waals surface area contributed by atoms with Gasteiger partial charge in [-0.1, -0.05) is 32.9 Å². The monoisotopic (exact) mass is 251 g/mol. The Morgan fingerprint density at radius 2 is 1.89 bits per heavy atom. The lowest BCUT2D eigenvalue weighted by atomic mass is 9.73. The van der Waals surface area contributed by atoms with E-state index in [-0.39, 0.29) is 6.04 Å². The van der Waals surface area contributed by atoms with Crippen LogP contribution in [0.4, 0.5) is 0 Å². The lowest BCUT2D eigenvalue weighted by molar-refractivity contribution is 0.218. The summed E-state index contributed by atoms with van der Waals surface area (Å²) in [6.45, 7) is 8.80. The Morgan fingerprint density at radius 1 is 1.28 bits per heavy atom. The molecule has 0 bridgehead atoms. The van der Waals surface area contributed by atoms with Crippen molar-refractivity contribution in [3.8, 4) is 0 Å². The predicted molar refractivity (Wildman–Crippen MR) is 71.1 cm³/mol. The predicted octanol–water partition coefficient (Wildman–Crippen LogP) is 3.41. The Labute approximate surface area is 109 Å². The van der Waals surface area contributed by atoms with Gasteiger partial charge in [-0.25, -0.2) is 0 Å². The first kappa shape index (κ1) is 13.5. The van der Waals surface area contributed by atoms with E-state index in [1.165, 1.54) is 12.8 Å². The summed E-state index contributed by atoms with van der Waals surface area (Å²) in [6.07, 6.45) is 4.78. The van der Waals surface area contributed by atoms with E-state index in [1.807, 2.05) is 0 Å². The molecular weight excluding hydrogens is 226 g/mol. The van der Waals surface area contributed by atoms with Crippen molar-refractivity contribution in [2.24, 2.45) is 17.1 Å². The summed E-state index contributed by atoms with van der Waals surface area (Å²) in [5.74, 6) is 2.22. The molecule has 1 aliphatic rings. The Bertz CT molecular complexity index is 387. The maximum absolute atomic E-state index is 6.03. The zero-order valence-electron chi connectivity index (χ0n) is 11.9. The van der Waals surface area contributed by atoms with Gasteiger partial charge in [-0.3, -0.25) is 0 Å². The third-order valence-electron chi connectivity index (χ3n) is 4.17. The van der Waals surface area contributed by atoms with E-state index >= 15 is 0 Å². The van der Waals surface area contributed by atoms with Gasteiger partial charge in [0.05, 0.1) is 6.04 Å². The van der Waals surface area contributed by atoms with Crippen LogP contribution in [0.15, 0.2) is 4.52 Å². The molecule has 18 heavy (non-hydrogen) atoms. The van der Waals surface area contributed by atoms with Crippen molar-refractivity contribution in [1.82, 2.24) is 10.1 Å². The summed E-state index contributed by atoms with van der Waals surface area (Å²) in [5.41, 5.74) is 6.50. The molecule has 1 atom stereocenters. The molecule has 1 saturated carbocycles. The Morgan fingerprint density at radius 3 is 2.44 bits per heavy atom. The molecule has 0 radical (unpaired) electrons. The number of nitrogens with zero attached hydrogens (tertiary/aromatic N) is 2. The summed E-state index contributed by atoms with van der Waals surface area (Å²) in [7, 11) is 0. The van der Waals surface area contributed by atoms with E-state index in [0.717, 1.165) is 18.7 Å². The molecule has 1 heterocycles. The van der Waals surface area contributed by atoms with E-state index in [0.29, 0.717) is 23.1 Å². The molecule has 1 unspecified atom stereocenters. The lowest BCUT2D eigenvalue weighted by Gasteiger charge is -2.32. The molecule has 4 nitrogen and oxygen atoms in total. The quantitative estimate of drug-likeness (QED) is 0.894. The molecule has 1 aliphatic carbocycles. The van der Waals surface area contributed by atoms with Crippen LogP contribution in [0.1, 0.15) is 77.1 Å². The van der Waals surface area contributed by atoms with Gasteiger partial charge < -0.3 is 10.3 Å². The van der Waals surface area contributed by atoms with Crippen molar-refractivity contribution in [3.05, 3.63) is 11.7 Å². The fourth-order valence-corrected chi connectivity index (χ4v) is 2.49. The SMILES string of the molecule is CC(C)C(N)c1nc(C2CCC(C)(C)CC2)no1. The van der Waals surface area contributed by atoms with E-state index in [1.54, 1.807) is 0 Å². The number of hydrogen-bond acceptors (Lipinski definition) is 4. The fraction of sp³-hybridized carbons (Fsp3) is 0.857. The second-order valence-electron chi connectivity index (χ2n) is 6.70. The van der Waals surface area contributed by atoms with Crippen molar-refractivity contribution in [2.75, 3.05) is 0 Å². The van der Waals surface area contributed by atoms with Gasteiger partial charge in [0.15, 0.2) is 5.82 Å². The van der Waals surface area contributed by atoms with E-state index < -0.39 is 0 Å².